The van der Waals surface area contributed by atoms with Gasteiger partial charge in [-0.05, 0) is 36.8 Å². The van der Waals surface area contributed by atoms with E-state index in [1.165, 1.54) is 7.11 Å². The van der Waals surface area contributed by atoms with Crippen LogP contribution in [-0.4, -0.2) is 29.7 Å². The van der Waals surface area contributed by atoms with Gasteiger partial charge in [-0.25, -0.2) is 9.98 Å². The molecule has 7 nitrogen and oxygen atoms in total. The molecule has 0 aliphatic rings. The minimum Gasteiger partial charge on any atom is -0.504 e. The van der Waals surface area contributed by atoms with Crippen molar-refractivity contribution in [3.8, 4) is 23.0 Å². The minimum atomic E-state index is 0.101. The van der Waals surface area contributed by atoms with Gasteiger partial charge in [-0.2, -0.15) is 0 Å². The van der Waals surface area contributed by atoms with Gasteiger partial charge in [0.2, 0.25) is 5.89 Å². The number of rotatable bonds is 7. The lowest BCUT2D eigenvalue weighted by molar-refractivity contribution is 0.373. The van der Waals surface area contributed by atoms with Gasteiger partial charge in [-0.1, -0.05) is 24.3 Å². The molecular weight excluding hydrogens is 356 g/mol. The van der Waals surface area contributed by atoms with E-state index in [0.717, 1.165) is 23.4 Å². The Morgan fingerprint density at radius 2 is 2.00 bits per heavy atom. The fourth-order valence-corrected chi connectivity index (χ4v) is 2.62. The number of hydrogen-bond acceptors (Lipinski definition) is 5. The van der Waals surface area contributed by atoms with Crippen molar-refractivity contribution in [3.63, 3.8) is 0 Å². The van der Waals surface area contributed by atoms with Crippen molar-refractivity contribution < 1.29 is 14.3 Å². The highest BCUT2D eigenvalue weighted by molar-refractivity contribution is 5.79. The van der Waals surface area contributed by atoms with Gasteiger partial charge in [-0.3, -0.25) is 0 Å². The molecule has 3 rings (SSSR count). The Hall–Kier alpha value is -3.48. The number of guanidine groups is 1. The van der Waals surface area contributed by atoms with Gasteiger partial charge in [0.15, 0.2) is 17.5 Å². The summed E-state index contributed by atoms with van der Waals surface area (Å²) in [6.45, 7) is 3.63. The summed E-state index contributed by atoms with van der Waals surface area (Å²) in [5, 5.41) is 16.3. The average Bonchev–Trinajstić information content (AvgIpc) is 3.20. The molecule has 0 unspecified atom stereocenters. The van der Waals surface area contributed by atoms with Crippen molar-refractivity contribution in [2.75, 3.05) is 13.7 Å². The highest BCUT2D eigenvalue weighted by atomic mass is 16.5. The number of nitrogens with one attached hydrogen (secondary N) is 2. The van der Waals surface area contributed by atoms with Crippen molar-refractivity contribution in [2.24, 2.45) is 4.99 Å². The van der Waals surface area contributed by atoms with Crippen LogP contribution in [0.3, 0.4) is 0 Å². The molecule has 146 valence electrons. The van der Waals surface area contributed by atoms with Gasteiger partial charge in [0.05, 0.1) is 25.9 Å². The summed E-state index contributed by atoms with van der Waals surface area (Å²) in [4.78, 5) is 9.05. The first-order valence-corrected chi connectivity index (χ1v) is 9.07. The molecule has 0 saturated heterocycles. The first-order valence-electron chi connectivity index (χ1n) is 9.07. The molecule has 3 N–H and O–H groups in total. The van der Waals surface area contributed by atoms with E-state index >= 15 is 0 Å². The van der Waals surface area contributed by atoms with Crippen molar-refractivity contribution in [3.05, 3.63) is 66.1 Å². The van der Waals surface area contributed by atoms with E-state index < -0.39 is 0 Å². The predicted molar refractivity (Wildman–Crippen MR) is 108 cm³/mol. The third-order valence-corrected chi connectivity index (χ3v) is 4.02. The Balaban J connectivity index is 1.62. The monoisotopic (exact) mass is 380 g/mol. The van der Waals surface area contributed by atoms with E-state index in [2.05, 4.69) is 20.6 Å². The van der Waals surface area contributed by atoms with E-state index in [1.54, 1.807) is 18.4 Å². The Kier molecular flexibility index (Phi) is 6.51. The zero-order chi connectivity index (χ0) is 19.8. The third kappa shape index (κ3) is 5.03. The summed E-state index contributed by atoms with van der Waals surface area (Å²) in [5.74, 6) is 1.79. The van der Waals surface area contributed by atoms with E-state index in [-0.39, 0.29) is 5.75 Å². The highest BCUT2D eigenvalue weighted by Gasteiger charge is 2.07. The summed E-state index contributed by atoms with van der Waals surface area (Å²) >= 11 is 0. The molecule has 0 saturated carbocycles. The zero-order valence-electron chi connectivity index (χ0n) is 16.0. The number of aliphatic imine (C=N–C) groups is 1. The van der Waals surface area contributed by atoms with Crippen LogP contribution in [0.2, 0.25) is 0 Å². The molecule has 0 fully saturated rings. The van der Waals surface area contributed by atoms with Crippen LogP contribution in [0, 0.1) is 0 Å². The van der Waals surface area contributed by atoms with Crippen molar-refractivity contribution >= 4 is 5.96 Å². The van der Waals surface area contributed by atoms with E-state index in [9.17, 15) is 5.11 Å². The van der Waals surface area contributed by atoms with Crippen LogP contribution in [0.15, 0.2) is 64.2 Å². The number of nitrogens with zero attached hydrogens (tertiary/aromatic N) is 2. The summed E-state index contributed by atoms with van der Waals surface area (Å²) in [6, 6.07) is 15.0. The van der Waals surface area contributed by atoms with Crippen molar-refractivity contribution in [2.45, 2.75) is 20.0 Å². The van der Waals surface area contributed by atoms with Gasteiger partial charge < -0.3 is 24.9 Å². The fourth-order valence-electron chi connectivity index (χ4n) is 2.62. The maximum Gasteiger partial charge on any atom is 0.226 e. The van der Waals surface area contributed by atoms with Crippen LogP contribution < -0.4 is 15.4 Å². The molecule has 7 heteroatoms. The summed E-state index contributed by atoms with van der Waals surface area (Å²) in [7, 11) is 1.52. The molecule has 0 radical (unpaired) electrons. The minimum absolute atomic E-state index is 0.101. The normalized spacial score (nSPS) is 11.3. The molecule has 0 aliphatic carbocycles. The number of phenols is 1. The molecule has 0 aliphatic heterocycles. The Bertz CT molecular complexity index is 922. The molecule has 0 bridgehead atoms. The number of aromatic hydroxyl groups is 1. The molecule has 0 atom stereocenters. The van der Waals surface area contributed by atoms with Crippen LogP contribution >= 0.6 is 0 Å². The number of hydrogen-bond donors (Lipinski definition) is 3. The molecule has 0 spiro atoms. The second-order valence-corrected chi connectivity index (χ2v) is 6.06. The number of methoxy groups -OCH3 is 1. The van der Waals surface area contributed by atoms with E-state index in [4.69, 9.17) is 9.15 Å². The van der Waals surface area contributed by atoms with Gasteiger partial charge in [0.25, 0.3) is 0 Å². The van der Waals surface area contributed by atoms with Gasteiger partial charge in [0.1, 0.15) is 6.26 Å². The Morgan fingerprint density at radius 3 is 2.71 bits per heavy atom. The molecule has 28 heavy (non-hydrogen) atoms. The smallest absolute Gasteiger partial charge is 0.226 e. The van der Waals surface area contributed by atoms with Gasteiger partial charge in [0, 0.05) is 12.1 Å². The Labute approximate surface area is 164 Å². The second kappa shape index (κ2) is 9.45. The van der Waals surface area contributed by atoms with Gasteiger partial charge >= 0.3 is 0 Å². The van der Waals surface area contributed by atoms with Crippen molar-refractivity contribution in [1.82, 2.24) is 15.6 Å². The van der Waals surface area contributed by atoms with Crippen LogP contribution in [0.25, 0.3) is 11.5 Å². The summed E-state index contributed by atoms with van der Waals surface area (Å²) < 4.78 is 10.6. The molecule has 0 amide bonds. The highest BCUT2D eigenvalue weighted by Crippen LogP contribution is 2.26. The third-order valence-electron chi connectivity index (χ3n) is 4.02. The first-order chi connectivity index (χ1) is 13.7. The topological polar surface area (TPSA) is 91.9 Å². The van der Waals surface area contributed by atoms with Crippen molar-refractivity contribution in [1.29, 1.82) is 0 Å². The number of oxazole rings is 1. The quantitative estimate of drug-likeness (QED) is 0.430. The van der Waals surface area contributed by atoms with E-state index in [0.29, 0.717) is 30.7 Å². The standard InChI is InChI=1S/C21H24N4O3/c1-3-22-21(23-12-15-9-10-19(27-2)18(26)11-15)24-13-17-14-28-20(25-17)16-7-5-4-6-8-16/h4-11,14,26H,3,12-13H2,1-2H3,(H2,22,23,24). The maximum absolute atomic E-state index is 9.88. The number of phenolic OH excluding ortho intramolecular Hbond substituents is 1. The van der Waals surface area contributed by atoms with Crippen LogP contribution in [0.4, 0.5) is 0 Å². The lowest BCUT2D eigenvalue weighted by Gasteiger charge is -2.10. The number of aromatic nitrogens is 1. The number of benzene rings is 2. The maximum atomic E-state index is 9.88. The summed E-state index contributed by atoms with van der Waals surface area (Å²) in [6.07, 6.45) is 1.64. The second-order valence-electron chi connectivity index (χ2n) is 6.06. The van der Waals surface area contributed by atoms with Crippen LogP contribution in [0.5, 0.6) is 11.5 Å². The van der Waals surface area contributed by atoms with E-state index in [1.807, 2.05) is 43.3 Å². The average molecular weight is 380 g/mol. The molecular formula is C21H24N4O3. The molecule has 2 aromatic carbocycles. The van der Waals surface area contributed by atoms with Gasteiger partial charge in [-0.15, -0.1) is 0 Å². The lowest BCUT2D eigenvalue weighted by Crippen LogP contribution is -2.36. The largest absolute Gasteiger partial charge is 0.504 e. The first kappa shape index (κ1) is 19.3. The molecule has 1 aromatic heterocycles. The molecule has 3 aromatic rings. The SMILES string of the molecule is CCNC(=NCc1ccc(OC)c(O)c1)NCc1coc(-c2ccccc2)n1. The zero-order valence-corrected chi connectivity index (χ0v) is 16.0. The number of ether oxygens (including phenoxy) is 1. The van der Waals surface area contributed by atoms with Crippen LogP contribution in [0.1, 0.15) is 18.2 Å². The van der Waals surface area contributed by atoms with Crippen LogP contribution in [-0.2, 0) is 13.1 Å². The Morgan fingerprint density at radius 1 is 1.18 bits per heavy atom. The summed E-state index contributed by atoms with van der Waals surface area (Å²) in [5.41, 5.74) is 2.60. The predicted octanol–water partition coefficient (Wildman–Crippen LogP) is 3.31. The lowest BCUT2D eigenvalue weighted by atomic mass is 10.2. The molecule has 1 heterocycles. The fraction of sp³-hybridized carbons (Fsp3) is 0.238.